The van der Waals surface area contributed by atoms with E-state index < -0.39 is 11.9 Å². The van der Waals surface area contributed by atoms with Crippen molar-refractivity contribution in [2.45, 2.75) is 20.3 Å². The monoisotopic (exact) mass is 415 g/mol. The van der Waals surface area contributed by atoms with Crippen molar-refractivity contribution >= 4 is 34.4 Å². The van der Waals surface area contributed by atoms with Gasteiger partial charge in [0.25, 0.3) is 0 Å². The second kappa shape index (κ2) is 11.3. The van der Waals surface area contributed by atoms with Crippen LogP contribution in [0.25, 0.3) is 0 Å². The number of aromatic hydroxyl groups is 1. The largest absolute Gasteiger partial charge is 0.508 e. The number of ether oxygens (including phenoxy) is 1. The molecule has 1 atom stereocenters. The molecular weight excluding hydrogens is 390 g/mol. The molecule has 29 heavy (non-hydrogen) atoms. The number of nitrogens with zero attached hydrogens (tertiary/aromatic N) is 1. The number of benzene rings is 2. The molecule has 0 aliphatic heterocycles. The molecule has 1 amide bonds. The average molecular weight is 416 g/mol. The van der Waals surface area contributed by atoms with Gasteiger partial charge < -0.3 is 14.7 Å². The molecule has 0 aliphatic carbocycles. The predicted molar refractivity (Wildman–Crippen MR) is 114 cm³/mol. The molecule has 0 radical (unpaired) electrons. The summed E-state index contributed by atoms with van der Waals surface area (Å²) in [6.45, 7) is 3.20. The normalized spacial score (nSPS) is 11.5. The maximum atomic E-state index is 13.4. The average Bonchev–Trinajstić information content (AvgIpc) is 2.71. The second-order valence-electron chi connectivity index (χ2n) is 6.44. The van der Waals surface area contributed by atoms with Crippen LogP contribution in [0.2, 0.25) is 0 Å². The fourth-order valence-electron chi connectivity index (χ4n) is 2.81. The minimum atomic E-state index is -0.525. The maximum absolute atomic E-state index is 13.4. The third-order valence-corrected chi connectivity index (χ3v) is 5.16. The van der Waals surface area contributed by atoms with Crippen LogP contribution in [0.3, 0.4) is 0 Å². The number of carbonyl (C=O) groups is 3. The third-order valence-electron chi connectivity index (χ3n) is 4.18. The van der Waals surface area contributed by atoms with Crippen LogP contribution >= 0.6 is 11.8 Å². The summed E-state index contributed by atoms with van der Waals surface area (Å²) in [6, 6.07) is 15.5. The van der Waals surface area contributed by atoms with Gasteiger partial charge in [-0.3, -0.25) is 14.4 Å². The number of hydrogen-bond acceptors (Lipinski definition) is 6. The summed E-state index contributed by atoms with van der Waals surface area (Å²) >= 11 is 1.08. The first-order valence-electron chi connectivity index (χ1n) is 9.34. The van der Waals surface area contributed by atoms with Gasteiger partial charge in [0.1, 0.15) is 12.3 Å². The van der Waals surface area contributed by atoms with Crippen LogP contribution < -0.4 is 4.90 Å². The van der Waals surface area contributed by atoms with Gasteiger partial charge in [0, 0.05) is 18.4 Å². The highest BCUT2D eigenvalue weighted by Gasteiger charge is 2.28. The van der Waals surface area contributed by atoms with Crippen molar-refractivity contribution in [3.05, 3.63) is 60.2 Å². The molecule has 1 N–H and O–H groups in total. The Balaban J connectivity index is 2.29. The molecule has 0 saturated heterocycles. The van der Waals surface area contributed by atoms with E-state index in [2.05, 4.69) is 0 Å². The van der Waals surface area contributed by atoms with Crippen molar-refractivity contribution in [1.29, 1.82) is 0 Å². The van der Waals surface area contributed by atoms with Gasteiger partial charge in [-0.15, -0.1) is 0 Å². The first-order chi connectivity index (χ1) is 13.9. The van der Waals surface area contributed by atoms with E-state index in [0.29, 0.717) is 17.9 Å². The van der Waals surface area contributed by atoms with E-state index in [1.807, 2.05) is 6.07 Å². The Hall–Kier alpha value is -2.80. The van der Waals surface area contributed by atoms with E-state index in [0.717, 1.165) is 17.3 Å². The summed E-state index contributed by atoms with van der Waals surface area (Å²) in [5, 5.41) is 9.41. The molecule has 0 bridgehead atoms. The van der Waals surface area contributed by atoms with Crippen molar-refractivity contribution in [2.75, 3.05) is 23.8 Å². The van der Waals surface area contributed by atoms with E-state index in [1.165, 1.54) is 11.8 Å². The number of phenolic OH excluding ortho intramolecular Hbond substituents is 1. The molecular formula is C22H25NO5S. The van der Waals surface area contributed by atoms with Crippen LogP contribution in [0.4, 0.5) is 5.69 Å². The number of hydrogen-bond donors (Lipinski definition) is 1. The van der Waals surface area contributed by atoms with Gasteiger partial charge in [0.2, 0.25) is 5.91 Å². The lowest BCUT2D eigenvalue weighted by Crippen LogP contribution is -2.42. The van der Waals surface area contributed by atoms with Crippen LogP contribution in [-0.4, -0.2) is 41.0 Å². The SMILES string of the molecule is CCOC(=O)CN(C(=O)C(CSC(C)=O)Cc1ccc(O)cc1)c1ccccc1. The van der Waals surface area contributed by atoms with E-state index in [9.17, 15) is 19.5 Å². The van der Waals surface area contributed by atoms with Gasteiger partial charge in [-0.25, -0.2) is 0 Å². The van der Waals surface area contributed by atoms with Crippen molar-refractivity contribution < 1.29 is 24.2 Å². The zero-order chi connectivity index (χ0) is 21.2. The molecule has 7 heteroatoms. The van der Waals surface area contributed by atoms with E-state index in [-0.39, 0.29) is 29.9 Å². The highest BCUT2D eigenvalue weighted by atomic mass is 32.2. The molecule has 2 aromatic carbocycles. The summed E-state index contributed by atoms with van der Waals surface area (Å²) in [6.07, 6.45) is 0.381. The first kappa shape index (κ1) is 22.5. The Morgan fingerprint density at radius 1 is 1.07 bits per heavy atom. The Morgan fingerprint density at radius 2 is 1.72 bits per heavy atom. The van der Waals surface area contributed by atoms with E-state index in [4.69, 9.17) is 4.74 Å². The van der Waals surface area contributed by atoms with Gasteiger partial charge >= 0.3 is 5.97 Å². The molecule has 0 fully saturated rings. The van der Waals surface area contributed by atoms with Crippen LogP contribution in [0.1, 0.15) is 19.4 Å². The summed E-state index contributed by atoms with van der Waals surface area (Å²) < 4.78 is 5.03. The lowest BCUT2D eigenvalue weighted by atomic mass is 9.99. The van der Waals surface area contributed by atoms with Gasteiger partial charge in [0.05, 0.1) is 12.5 Å². The highest BCUT2D eigenvalue weighted by Crippen LogP contribution is 2.23. The Morgan fingerprint density at radius 3 is 2.31 bits per heavy atom. The van der Waals surface area contributed by atoms with Crippen LogP contribution in [-0.2, 0) is 25.5 Å². The minimum absolute atomic E-state index is 0.0786. The predicted octanol–water partition coefficient (Wildman–Crippen LogP) is 3.43. The number of rotatable bonds is 9. The molecule has 2 aromatic rings. The van der Waals surface area contributed by atoms with E-state index >= 15 is 0 Å². The summed E-state index contributed by atoms with van der Waals surface area (Å²) in [7, 11) is 0. The van der Waals surface area contributed by atoms with Gasteiger partial charge in [0.15, 0.2) is 5.12 Å². The molecule has 0 heterocycles. The molecule has 0 spiro atoms. The zero-order valence-electron chi connectivity index (χ0n) is 16.5. The zero-order valence-corrected chi connectivity index (χ0v) is 17.4. The van der Waals surface area contributed by atoms with E-state index in [1.54, 1.807) is 55.5 Å². The second-order valence-corrected chi connectivity index (χ2v) is 7.63. The van der Waals surface area contributed by atoms with Gasteiger partial charge in [-0.2, -0.15) is 0 Å². The third kappa shape index (κ3) is 7.27. The highest BCUT2D eigenvalue weighted by molar-refractivity contribution is 8.13. The fraction of sp³-hybridized carbons (Fsp3) is 0.318. The topological polar surface area (TPSA) is 83.9 Å². The number of anilines is 1. The first-order valence-corrected chi connectivity index (χ1v) is 10.3. The molecule has 2 rings (SSSR count). The summed E-state index contributed by atoms with van der Waals surface area (Å²) in [4.78, 5) is 38.4. The standard InChI is InChI=1S/C22H25NO5S/c1-3-28-21(26)14-23(19-7-5-4-6-8-19)22(27)18(15-29-16(2)24)13-17-9-11-20(25)12-10-17/h4-12,18,25H,3,13-15H2,1-2H3. The van der Waals surface area contributed by atoms with Crippen LogP contribution in [0.5, 0.6) is 5.75 Å². The van der Waals surface area contributed by atoms with Crippen LogP contribution in [0.15, 0.2) is 54.6 Å². The molecule has 154 valence electrons. The number of carbonyl (C=O) groups excluding carboxylic acids is 3. The van der Waals surface area contributed by atoms with Crippen molar-refractivity contribution in [2.24, 2.45) is 5.92 Å². The van der Waals surface area contributed by atoms with Crippen molar-refractivity contribution in [1.82, 2.24) is 0 Å². The number of para-hydroxylation sites is 1. The van der Waals surface area contributed by atoms with Crippen molar-refractivity contribution in [3.63, 3.8) is 0 Å². The Bertz CT molecular complexity index is 823. The Labute approximate surface area is 174 Å². The van der Waals surface area contributed by atoms with Crippen LogP contribution in [0, 0.1) is 5.92 Å². The molecule has 6 nitrogen and oxygen atoms in total. The molecule has 0 aromatic heterocycles. The molecule has 0 saturated carbocycles. The fourth-order valence-corrected chi connectivity index (χ4v) is 3.51. The number of thioether (sulfide) groups is 1. The maximum Gasteiger partial charge on any atom is 0.326 e. The number of phenols is 1. The van der Waals surface area contributed by atoms with Gasteiger partial charge in [-0.1, -0.05) is 42.1 Å². The Kier molecular flexibility index (Phi) is 8.73. The number of esters is 1. The molecule has 0 aliphatic rings. The lowest BCUT2D eigenvalue weighted by molar-refractivity contribution is -0.142. The minimum Gasteiger partial charge on any atom is -0.508 e. The van der Waals surface area contributed by atoms with Gasteiger partial charge in [-0.05, 0) is 43.2 Å². The lowest BCUT2D eigenvalue weighted by Gasteiger charge is -2.26. The number of amides is 1. The summed E-state index contributed by atoms with van der Waals surface area (Å²) in [5.41, 5.74) is 1.45. The quantitative estimate of drug-likeness (QED) is 0.632. The van der Waals surface area contributed by atoms with Crippen molar-refractivity contribution in [3.8, 4) is 5.75 Å². The molecule has 1 unspecified atom stereocenters. The summed E-state index contributed by atoms with van der Waals surface area (Å²) in [5.74, 6) is -0.842. The smallest absolute Gasteiger partial charge is 0.326 e.